The van der Waals surface area contributed by atoms with Crippen molar-refractivity contribution in [3.8, 4) is 0 Å². The molecule has 3 unspecified atom stereocenters. The summed E-state index contributed by atoms with van der Waals surface area (Å²) in [4.78, 5) is 14.0. The zero-order chi connectivity index (χ0) is 13.7. The highest BCUT2D eigenvalue weighted by atomic mass is 32.2. The summed E-state index contributed by atoms with van der Waals surface area (Å²) in [5.41, 5.74) is 0. The first-order chi connectivity index (χ1) is 9.20. The molecule has 2 fully saturated rings. The van der Waals surface area contributed by atoms with Gasteiger partial charge in [-0.15, -0.1) is 0 Å². The van der Waals surface area contributed by atoms with Gasteiger partial charge in [0.2, 0.25) is 0 Å². The topological polar surface area (TPSA) is 52.6 Å². The number of aliphatic hydroxyl groups is 1. The van der Waals surface area contributed by atoms with E-state index in [1.165, 1.54) is 19.3 Å². The largest absolute Gasteiger partial charge is 0.391 e. The molecule has 1 aliphatic heterocycles. The number of hydrogen-bond donors (Lipinski definition) is 2. The van der Waals surface area contributed by atoms with Crippen molar-refractivity contribution < 1.29 is 9.90 Å². The van der Waals surface area contributed by atoms with Gasteiger partial charge in [-0.25, -0.2) is 4.79 Å². The van der Waals surface area contributed by atoms with Crippen LogP contribution in [0, 0.1) is 0 Å². The number of aliphatic hydroxyl groups excluding tert-OH is 1. The van der Waals surface area contributed by atoms with Crippen LogP contribution < -0.4 is 5.32 Å². The molecule has 0 radical (unpaired) electrons. The van der Waals surface area contributed by atoms with Crippen LogP contribution in [0.1, 0.15) is 45.4 Å². The van der Waals surface area contributed by atoms with E-state index in [-0.39, 0.29) is 12.1 Å². The maximum absolute atomic E-state index is 12.3. The average molecular weight is 286 g/mol. The van der Waals surface area contributed by atoms with Gasteiger partial charge in [0.25, 0.3) is 0 Å². The van der Waals surface area contributed by atoms with Crippen LogP contribution in [0.25, 0.3) is 0 Å². The molecule has 2 amide bonds. The van der Waals surface area contributed by atoms with E-state index in [0.717, 1.165) is 31.6 Å². The molecule has 1 heterocycles. The second kappa shape index (κ2) is 7.39. The van der Waals surface area contributed by atoms with Crippen molar-refractivity contribution in [1.29, 1.82) is 0 Å². The number of piperidine rings is 1. The van der Waals surface area contributed by atoms with Crippen LogP contribution in [-0.4, -0.2) is 52.3 Å². The lowest BCUT2D eigenvalue weighted by Crippen LogP contribution is -2.52. The van der Waals surface area contributed by atoms with E-state index >= 15 is 0 Å². The van der Waals surface area contributed by atoms with E-state index in [0.29, 0.717) is 17.8 Å². The minimum absolute atomic E-state index is 0.0207. The van der Waals surface area contributed by atoms with Gasteiger partial charge in [0.05, 0.1) is 6.10 Å². The van der Waals surface area contributed by atoms with E-state index in [4.69, 9.17) is 0 Å². The first-order valence-corrected chi connectivity index (χ1v) is 8.60. The SMILES string of the molecule is CCSC1CCCCC1NC(=O)N1CCCC(O)C1. The van der Waals surface area contributed by atoms with Gasteiger partial charge in [0.1, 0.15) is 0 Å². The third-order valence-corrected chi connectivity index (χ3v) is 5.40. The molecule has 0 aromatic heterocycles. The van der Waals surface area contributed by atoms with Crippen LogP contribution in [0.2, 0.25) is 0 Å². The Hall–Kier alpha value is -0.420. The molecule has 2 N–H and O–H groups in total. The second-order valence-corrected chi connectivity index (χ2v) is 7.09. The van der Waals surface area contributed by atoms with Crippen LogP contribution in [0.3, 0.4) is 0 Å². The molecular formula is C14H26N2O2S. The molecule has 19 heavy (non-hydrogen) atoms. The Kier molecular flexibility index (Phi) is 5.82. The van der Waals surface area contributed by atoms with Gasteiger partial charge < -0.3 is 15.3 Å². The summed E-state index contributed by atoms with van der Waals surface area (Å²) in [6.07, 6.45) is 6.20. The number of rotatable bonds is 3. The van der Waals surface area contributed by atoms with Crippen molar-refractivity contribution in [3.63, 3.8) is 0 Å². The third kappa shape index (κ3) is 4.28. The Labute approximate surface area is 120 Å². The van der Waals surface area contributed by atoms with Crippen molar-refractivity contribution in [2.75, 3.05) is 18.8 Å². The normalized spacial score (nSPS) is 32.1. The summed E-state index contributed by atoms with van der Waals surface area (Å²) in [7, 11) is 0. The number of carbonyl (C=O) groups excluding carboxylic acids is 1. The molecular weight excluding hydrogens is 260 g/mol. The fraction of sp³-hybridized carbons (Fsp3) is 0.929. The standard InChI is InChI=1S/C14H26N2O2S/c1-2-19-13-8-4-3-7-12(13)15-14(18)16-9-5-6-11(17)10-16/h11-13,17H,2-10H2,1H3,(H,15,18). The van der Waals surface area contributed by atoms with Crippen LogP contribution >= 0.6 is 11.8 Å². The number of nitrogens with one attached hydrogen (secondary N) is 1. The Balaban J connectivity index is 1.85. The lowest BCUT2D eigenvalue weighted by molar-refractivity contribution is 0.0828. The number of urea groups is 1. The molecule has 5 heteroatoms. The molecule has 4 nitrogen and oxygen atoms in total. The second-order valence-electron chi connectivity index (χ2n) is 5.58. The molecule has 3 atom stereocenters. The first-order valence-electron chi connectivity index (χ1n) is 7.55. The number of thioether (sulfide) groups is 1. The number of β-amino-alcohol motifs (C(OH)–C–C–N with tert-alkyl or cyclic N) is 1. The van der Waals surface area contributed by atoms with Gasteiger partial charge in [-0.1, -0.05) is 19.8 Å². The van der Waals surface area contributed by atoms with Crippen LogP contribution in [0.4, 0.5) is 4.79 Å². The fourth-order valence-corrected chi connectivity index (χ4v) is 4.26. The van der Waals surface area contributed by atoms with Gasteiger partial charge in [-0.05, 0) is 31.4 Å². The summed E-state index contributed by atoms with van der Waals surface area (Å²) in [6, 6.07) is 0.331. The van der Waals surface area contributed by atoms with Crippen molar-refractivity contribution in [3.05, 3.63) is 0 Å². The highest BCUT2D eigenvalue weighted by molar-refractivity contribution is 7.99. The summed E-state index contributed by atoms with van der Waals surface area (Å²) in [5.74, 6) is 1.11. The lowest BCUT2D eigenvalue weighted by Gasteiger charge is -2.35. The third-order valence-electron chi connectivity index (χ3n) is 4.08. The predicted molar refractivity (Wildman–Crippen MR) is 79.5 cm³/mol. The van der Waals surface area contributed by atoms with Gasteiger partial charge in [0, 0.05) is 24.4 Å². The predicted octanol–water partition coefficient (Wildman–Crippen LogP) is 2.22. The highest BCUT2D eigenvalue weighted by Gasteiger charge is 2.29. The van der Waals surface area contributed by atoms with Crippen LogP contribution in [0.5, 0.6) is 0 Å². The summed E-state index contributed by atoms with van der Waals surface area (Å²) >= 11 is 1.97. The van der Waals surface area contributed by atoms with Gasteiger partial charge in [-0.2, -0.15) is 11.8 Å². The Morgan fingerprint density at radius 3 is 2.84 bits per heavy atom. The summed E-state index contributed by atoms with van der Waals surface area (Å²) in [6.45, 7) is 3.45. The maximum Gasteiger partial charge on any atom is 0.317 e. The summed E-state index contributed by atoms with van der Waals surface area (Å²) < 4.78 is 0. The number of carbonyl (C=O) groups is 1. The molecule has 0 aromatic rings. The van der Waals surface area contributed by atoms with E-state index < -0.39 is 0 Å². The van der Waals surface area contributed by atoms with Crippen molar-refractivity contribution in [1.82, 2.24) is 10.2 Å². The Morgan fingerprint density at radius 1 is 1.32 bits per heavy atom. The van der Waals surface area contributed by atoms with Gasteiger partial charge >= 0.3 is 6.03 Å². The molecule has 1 saturated carbocycles. The van der Waals surface area contributed by atoms with Crippen LogP contribution in [0.15, 0.2) is 0 Å². The summed E-state index contributed by atoms with van der Waals surface area (Å²) in [5, 5.41) is 13.4. The first kappa shape index (κ1) is 15.0. The lowest BCUT2D eigenvalue weighted by atomic mass is 9.95. The van der Waals surface area contributed by atoms with Crippen molar-refractivity contribution >= 4 is 17.8 Å². The molecule has 0 spiro atoms. The van der Waals surface area contributed by atoms with Crippen LogP contribution in [-0.2, 0) is 0 Å². The Bertz CT molecular complexity index is 299. The average Bonchev–Trinajstić information content (AvgIpc) is 2.41. The smallest absolute Gasteiger partial charge is 0.317 e. The molecule has 2 rings (SSSR count). The molecule has 1 aliphatic carbocycles. The molecule has 110 valence electrons. The van der Waals surface area contributed by atoms with E-state index in [9.17, 15) is 9.90 Å². The molecule has 1 saturated heterocycles. The quantitative estimate of drug-likeness (QED) is 0.836. The zero-order valence-electron chi connectivity index (χ0n) is 11.8. The van der Waals surface area contributed by atoms with Crippen molar-refractivity contribution in [2.45, 2.75) is 62.8 Å². The van der Waals surface area contributed by atoms with E-state index in [2.05, 4.69) is 12.2 Å². The van der Waals surface area contributed by atoms with Gasteiger partial charge in [-0.3, -0.25) is 0 Å². The monoisotopic (exact) mass is 286 g/mol. The minimum atomic E-state index is -0.341. The Morgan fingerprint density at radius 2 is 2.11 bits per heavy atom. The number of hydrogen-bond acceptors (Lipinski definition) is 3. The fourth-order valence-electron chi connectivity index (χ4n) is 3.06. The molecule has 0 aromatic carbocycles. The molecule has 0 bridgehead atoms. The maximum atomic E-state index is 12.3. The van der Waals surface area contributed by atoms with Crippen molar-refractivity contribution in [2.24, 2.45) is 0 Å². The van der Waals surface area contributed by atoms with E-state index in [1.54, 1.807) is 4.90 Å². The minimum Gasteiger partial charge on any atom is -0.391 e. The zero-order valence-corrected chi connectivity index (χ0v) is 12.6. The van der Waals surface area contributed by atoms with E-state index in [1.807, 2.05) is 11.8 Å². The van der Waals surface area contributed by atoms with Gasteiger partial charge in [0.15, 0.2) is 0 Å². The number of amides is 2. The molecule has 2 aliphatic rings. The highest BCUT2D eigenvalue weighted by Crippen LogP contribution is 2.28. The number of nitrogens with zero attached hydrogens (tertiary/aromatic N) is 1. The number of likely N-dealkylation sites (tertiary alicyclic amines) is 1.